The molecule has 3 fully saturated rings. The van der Waals surface area contributed by atoms with E-state index in [2.05, 4.69) is 33.8 Å². The van der Waals surface area contributed by atoms with Gasteiger partial charge >= 0.3 is 0 Å². The molecule has 0 radical (unpaired) electrons. The van der Waals surface area contributed by atoms with Crippen molar-refractivity contribution in [1.29, 1.82) is 0 Å². The Balaban J connectivity index is 1.71. The van der Waals surface area contributed by atoms with Gasteiger partial charge in [-0.05, 0) is 49.9 Å². The van der Waals surface area contributed by atoms with Crippen molar-refractivity contribution in [1.82, 2.24) is 10.3 Å². The lowest BCUT2D eigenvalue weighted by atomic mass is 9.79. The van der Waals surface area contributed by atoms with Gasteiger partial charge in [-0.3, -0.25) is 10.3 Å². The second kappa shape index (κ2) is 3.56. The number of hydrazone groups is 1. The average Bonchev–Trinajstić information content (AvgIpc) is 2.97. The number of thiophene rings is 1. The molecule has 0 aromatic carbocycles. The highest BCUT2D eigenvalue weighted by Gasteiger charge is 2.47. The SMILES string of the molecule is Cc1ccsc1C1NN=C2C3CCN(CC3)C21. The van der Waals surface area contributed by atoms with Crippen molar-refractivity contribution in [2.75, 3.05) is 13.1 Å². The Morgan fingerprint density at radius 1 is 1.41 bits per heavy atom. The molecule has 5 heterocycles. The highest BCUT2D eigenvalue weighted by Crippen LogP contribution is 2.40. The van der Waals surface area contributed by atoms with Gasteiger partial charge < -0.3 is 0 Å². The first-order valence-corrected chi connectivity index (χ1v) is 7.33. The quantitative estimate of drug-likeness (QED) is 0.823. The molecule has 0 aliphatic carbocycles. The lowest BCUT2D eigenvalue weighted by molar-refractivity contribution is 0.134. The Hall–Kier alpha value is -0.870. The third kappa shape index (κ3) is 1.34. The van der Waals surface area contributed by atoms with Gasteiger partial charge in [-0.25, -0.2) is 0 Å². The largest absolute Gasteiger partial charge is 0.300 e. The maximum atomic E-state index is 4.65. The molecule has 3 nitrogen and oxygen atoms in total. The number of aryl methyl sites for hydroxylation is 1. The number of nitrogens with one attached hydrogen (secondary N) is 1. The smallest absolute Gasteiger partial charge is 0.0993 e. The van der Waals surface area contributed by atoms with Crippen molar-refractivity contribution < 1.29 is 0 Å². The van der Waals surface area contributed by atoms with Crippen molar-refractivity contribution >= 4 is 17.0 Å². The number of nitrogens with zero attached hydrogens (tertiary/aromatic N) is 2. The van der Waals surface area contributed by atoms with Gasteiger partial charge in [0.2, 0.25) is 0 Å². The first kappa shape index (κ1) is 10.1. The molecule has 1 N–H and O–H groups in total. The lowest BCUT2D eigenvalue weighted by Gasteiger charge is -2.45. The molecule has 2 atom stereocenters. The predicted octanol–water partition coefficient (Wildman–Crippen LogP) is 2.15. The zero-order valence-corrected chi connectivity index (χ0v) is 10.8. The zero-order valence-electron chi connectivity index (χ0n) is 10.0. The van der Waals surface area contributed by atoms with Crippen molar-refractivity contribution in [3.8, 4) is 0 Å². The molecule has 2 bridgehead atoms. The summed E-state index contributed by atoms with van der Waals surface area (Å²) in [5, 5.41) is 6.85. The van der Waals surface area contributed by atoms with Crippen LogP contribution in [0, 0.1) is 12.8 Å². The fourth-order valence-corrected chi connectivity index (χ4v) is 4.56. The molecule has 5 rings (SSSR count). The number of fused-ring (bicyclic) bond motifs is 2. The van der Waals surface area contributed by atoms with Gasteiger partial charge in [0.25, 0.3) is 0 Å². The molecule has 2 unspecified atom stereocenters. The van der Waals surface area contributed by atoms with Crippen LogP contribution in [0.2, 0.25) is 0 Å². The van der Waals surface area contributed by atoms with E-state index in [0.29, 0.717) is 12.1 Å². The van der Waals surface area contributed by atoms with E-state index in [4.69, 9.17) is 0 Å². The Morgan fingerprint density at radius 2 is 2.24 bits per heavy atom. The van der Waals surface area contributed by atoms with E-state index in [1.807, 2.05) is 11.3 Å². The maximum Gasteiger partial charge on any atom is 0.0993 e. The minimum Gasteiger partial charge on any atom is -0.300 e. The van der Waals surface area contributed by atoms with E-state index < -0.39 is 0 Å². The van der Waals surface area contributed by atoms with Crippen LogP contribution in [-0.4, -0.2) is 29.7 Å². The van der Waals surface area contributed by atoms with Gasteiger partial charge in [-0.15, -0.1) is 11.3 Å². The normalized spacial score (nSPS) is 38.8. The van der Waals surface area contributed by atoms with Gasteiger partial charge in [-0.1, -0.05) is 0 Å². The molecule has 0 amide bonds. The van der Waals surface area contributed by atoms with Crippen molar-refractivity contribution in [2.24, 2.45) is 11.0 Å². The second-order valence-electron chi connectivity index (χ2n) is 5.37. The molecular formula is C13H17N3S. The van der Waals surface area contributed by atoms with Crippen LogP contribution in [0.1, 0.15) is 29.3 Å². The van der Waals surface area contributed by atoms with Gasteiger partial charge in [0.05, 0.1) is 17.8 Å². The molecule has 3 saturated heterocycles. The van der Waals surface area contributed by atoms with Crippen LogP contribution in [0.5, 0.6) is 0 Å². The minimum atomic E-state index is 0.410. The van der Waals surface area contributed by atoms with Crippen molar-refractivity contribution in [2.45, 2.75) is 31.8 Å². The van der Waals surface area contributed by atoms with Gasteiger partial charge in [0.1, 0.15) is 0 Å². The first-order chi connectivity index (χ1) is 8.34. The molecule has 4 aliphatic rings. The van der Waals surface area contributed by atoms with E-state index in [1.165, 1.54) is 42.1 Å². The van der Waals surface area contributed by atoms with Crippen LogP contribution in [0.3, 0.4) is 0 Å². The van der Waals surface area contributed by atoms with E-state index in [9.17, 15) is 0 Å². The summed E-state index contributed by atoms with van der Waals surface area (Å²) < 4.78 is 0. The summed E-state index contributed by atoms with van der Waals surface area (Å²) in [7, 11) is 0. The van der Waals surface area contributed by atoms with E-state index in [0.717, 1.165) is 5.92 Å². The highest BCUT2D eigenvalue weighted by molar-refractivity contribution is 7.10. The van der Waals surface area contributed by atoms with Crippen LogP contribution in [0.4, 0.5) is 0 Å². The summed E-state index contributed by atoms with van der Waals surface area (Å²) >= 11 is 1.87. The summed E-state index contributed by atoms with van der Waals surface area (Å²) in [6, 6.07) is 3.17. The second-order valence-corrected chi connectivity index (χ2v) is 6.31. The van der Waals surface area contributed by atoms with E-state index >= 15 is 0 Å². The van der Waals surface area contributed by atoms with Crippen LogP contribution >= 0.6 is 11.3 Å². The molecule has 1 aromatic heterocycles. The Kier molecular flexibility index (Phi) is 2.11. The number of hydrogen-bond donors (Lipinski definition) is 1. The average molecular weight is 247 g/mol. The minimum absolute atomic E-state index is 0.410. The number of rotatable bonds is 1. The Bertz CT molecular complexity index is 471. The standard InChI is InChI=1S/C13H17N3S/c1-8-4-7-17-13(8)11-12-10(14-15-11)9-2-5-16(12)6-3-9/h4,7,9,11-12,15H,2-3,5-6H2,1H3. The highest BCUT2D eigenvalue weighted by atomic mass is 32.1. The predicted molar refractivity (Wildman–Crippen MR) is 70.5 cm³/mol. The zero-order chi connectivity index (χ0) is 11.4. The van der Waals surface area contributed by atoms with Gasteiger partial charge in [0.15, 0.2) is 0 Å². The molecule has 0 spiro atoms. The van der Waals surface area contributed by atoms with Gasteiger partial charge in [-0.2, -0.15) is 5.10 Å². The molecule has 4 aliphatic heterocycles. The monoisotopic (exact) mass is 247 g/mol. The van der Waals surface area contributed by atoms with E-state index in [1.54, 1.807) is 0 Å². The third-order valence-corrected chi connectivity index (χ3v) is 5.58. The Labute approximate surface area is 106 Å². The van der Waals surface area contributed by atoms with Crippen LogP contribution in [-0.2, 0) is 0 Å². The first-order valence-electron chi connectivity index (χ1n) is 6.45. The summed E-state index contributed by atoms with van der Waals surface area (Å²) in [6.07, 6.45) is 2.63. The topological polar surface area (TPSA) is 27.6 Å². The van der Waals surface area contributed by atoms with Crippen LogP contribution in [0.25, 0.3) is 0 Å². The van der Waals surface area contributed by atoms with Crippen molar-refractivity contribution in [3.05, 3.63) is 21.9 Å². The molecule has 0 saturated carbocycles. The third-order valence-electron chi connectivity index (χ3n) is 4.48. The summed E-state index contributed by atoms with van der Waals surface area (Å²) in [6.45, 7) is 4.73. The van der Waals surface area contributed by atoms with Crippen LogP contribution < -0.4 is 5.43 Å². The molecule has 17 heavy (non-hydrogen) atoms. The van der Waals surface area contributed by atoms with Gasteiger partial charge in [0, 0.05) is 10.8 Å². The van der Waals surface area contributed by atoms with Crippen molar-refractivity contribution in [3.63, 3.8) is 0 Å². The maximum absolute atomic E-state index is 4.65. The Morgan fingerprint density at radius 3 is 2.94 bits per heavy atom. The van der Waals surface area contributed by atoms with E-state index in [-0.39, 0.29) is 0 Å². The van der Waals surface area contributed by atoms with Crippen LogP contribution in [0.15, 0.2) is 16.5 Å². The molecular weight excluding hydrogens is 230 g/mol. The molecule has 1 aromatic rings. The molecule has 4 heteroatoms. The number of hydrogen-bond acceptors (Lipinski definition) is 4. The fraction of sp³-hybridized carbons (Fsp3) is 0.615. The lowest BCUT2D eigenvalue weighted by Crippen LogP contribution is -2.56. The fourth-order valence-electron chi connectivity index (χ4n) is 3.56. The summed E-state index contributed by atoms with van der Waals surface area (Å²) in [4.78, 5) is 4.10. The summed E-state index contributed by atoms with van der Waals surface area (Å²) in [5.41, 5.74) is 6.24. The molecule has 90 valence electrons. The summed E-state index contributed by atoms with van der Waals surface area (Å²) in [5.74, 6) is 0.753. The number of piperidine rings is 3.